The Morgan fingerprint density at radius 1 is 1.42 bits per heavy atom. The number of hydrogen-bond acceptors (Lipinski definition) is 4. The number of carbonyl (C=O) groups is 1. The lowest BCUT2D eigenvalue weighted by Crippen LogP contribution is -2.12. The van der Waals surface area contributed by atoms with Gasteiger partial charge in [0.2, 0.25) is 0 Å². The van der Waals surface area contributed by atoms with Crippen LogP contribution in [0.1, 0.15) is 40.7 Å². The Labute approximate surface area is 120 Å². The molecule has 0 atom stereocenters. The van der Waals surface area contributed by atoms with Gasteiger partial charge < -0.3 is 0 Å². The smallest absolute Gasteiger partial charge is 0.260 e. The van der Waals surface area contributed by atoms with Crippen LogP contribution in [0, 0.1) is 6.92 Å². The first-order chi connectivity index (χ1) is 8.97. The summed E-state index contributed by atoms with van der Waals surface area (Å²) in [6.07, 6.45) is 1.78. The lowest BCUT2D eigenvalue weighted by molar-refractivity contribution is 0.102. The number of rotatable bonds is 3. The van der Waals surface area contributed by atoms with Crippen molar-refractivity contribution in [2.45, 2.75) is 26.7 Å². The zero-order valence-corrected chi connectivity index (χ0v) is 12.5. The monoisotopic (exact) mass is 295 g/mol. The predicted molar refractivity (Wildman–Crippen MR) is 78.1 cm³/mol. The van der Waals surface area contributed by atoms with Gasteiger partial charge in [0.15, 0.2) is 5.13 Å². The first-order valence-corrected chi connectivity index (χ1v) is 7.07. The summed E-state index contributed by atoms with van der Waals surface area (Å²) in [5.41, 5.74) is 1.13. The zero-order chi connectivity index (χ0) is 14.0. The molecular formula is C13H14ClN3OS. The van der Waals surface area contributed by atoms with Crippen LogP contribution in [0.3, 0.4) is 0 Å². The van der Waals surface area contributed by atoms with E-state index >= 15 is 0 Å². The molecule has 2 rings (SSSR count). The Morgan fingerprint density at radius 2 is 2.16 bits per heavy atom. The van der Waals surface area contributed by atoms with E-state index in [-0.39, 0.29) is 11.1 Å². The van der Waals surface area contributed by atoms with Crippen LogP contribution in [-0.2, 0) is 0 Å². The molecule has 2 heterocycles. The topological polar surface area (TPSA) is 54.9 Å². The molecule has 0 saturated heterocycles. The van der Waals surface area contributed by atoms with Crippen LogP contribution in [-0.4, -0.2) is 15.9 Å². The van der Waals surface area contributed by atoms with Crippen LogP contribution < -0.4 is 5.32 Å². The number of nitrogens with zero attached hydrogens (tertiary/aromatic N) is 2. The SMILES string of the molecule is Cc1ccc(C(=O)Nc2ncc(C(C)C)s2)c(Cl)n1. The van der Waals surface area contributed by atoms with E-state index in [0.29, 0.717) is 16.6 Å². The van der Waals surface area contributed by atoms with Crippen LogP contribution in [0.4, 0.5) is 5.13 Å². The summed E-state index contributed by atoms with van der Waals surface area (Å²) in [5, 5.41) is 3.52. The third-order valence-corrected chi connectivity index (χ3v) is 4.05. The van der Waals surface area contributed by atoms with Crippen LogP contribution in [0.15, 0.2) is 18.3 Å². The standard InChI is InChI=1S/C13H14ClN3OS/c1-7(2)10-6-15-13(19-10)17-12(18)9-5-4-8(3)16-11(9)14/h4-7H,1-3H3,(H,15,17,18). The van der Waals surface area contributed by atoms with E-state index in [0.717, 1.165) is 10.6 Å². The van der Waals surface area contributed by atoms with Gasteiger partial charge in [-0.3, -0.25) is 10.1 Å². The Morgan fingerprint density at radius 3 is 2.74 bits per heavy atom. The van der Waals surface area contributed by atoms with E-state index in [2.05, 4.69) is 29.1 Å². The number of nitrogens with one attached hydrogen (secondary N) is 1. The lowest BCUT2D eigenvalue weighted by atomic mass is 10.2. The number of amides is 1. The van der Waals surface area contributed by atoms with Gasteiger partial charge >= 0.3 is 0 Å². The van der Waals surface area contributed by atoms with Gasteiger partial charge in [0.05, 0.1) is 5.56 Å². The van der Waals surface area contributed by atoms with E-state index in [1.54, 1.807) is 18.3 Å². The van der Waals surface area contributed by atoms with Crippen molar-refractivity contribution in [1.82, 2.24) is 9.97 Å². The fraction of sp³-hybridized carbons (Fsp3) is 0.308. The number of carbonyl (C=O) groups excluding carboxylic acids is 1. The van der Waals surface area contributed by atoms with Gasteiger partial charge in [-0.25, -0.2) is 9.97 Å². The van der Waals surface area contributed by atoms with Crippen molar-refractivity contribution in [2.24, 2.45) is 0 Å². The summed E-state index contributed by atoms with van der Waals surface area (Å²) in [7, 11) is 0. The number of pyridine rings is 1. The quantitative estimate of drug-likeness (QED) is 0.874. The summed E-state index contributed by atoms with van der Waals surface area (Å²) < 4.78 is 0. The van der Waals surface area contributed by atoms with Crippen LogP contribution in [0.25, 0.3) is 0 Å². The zero-order valence-electron chi connectivity index (χ0n) is 10.9. The third-order valence-electron chi connectivity index (χ3n) is 2.55. The molecule has 0 aliphatic carbocycles. The first kappa shape index (κ1) is 14.0. The molecule has 0 saturated carbocycles. The molecule has 2 aromatic heterocycles. The van der Waals surface area contributed by atoms with Crippen molar-refractivity contribution in [3.05, 3.63) is 39.6 Å². The molecule has 0 aromatic carbocycles. The Balaban J connectivity index is 2.16. The molecule has 4 nitrogen and oxygen atoms in total. The molecule has 2 aromatic rings. The average Bonchev–Trinajstić information content (AvgIpc) is 2.77. The highest BCUT2D eigenvalue weighted by atomic mass is 35.5. The van der Waals surface area contributed by atoms with Gasteiger partial charge in [0.25, 0.3) is 5.91 Å². The Hall–Kier alpha value is -1.46. The van der Waals surface area contributed by atoms with Crippen molar-refractivity contribution in [3.63, 3.8) is 0 Å². The molecular weight excluding hydrogens is 282 g/mol. The largest absolute Gasteiger partial charge is 0.298 e. The number of hydrogen-bond donors (Lipinski definition) is 1. The molecule has 1 N–H and O–H groups in total. The molecule has 0 unspecified atom stereocenters. The van der Waals surface area contributed by atoms with Crippen molar-refractivity contribution in [3.8, 4) is 0 Å². The maximum Gasteiger partial charge on any atom is 0.260 e. The van der Waals surface area contributed by atoms with Gasteiger partial charge in [-0.15, -0.1) is 11.3 Å². The molecule has 0 aliphatic rings. The van der Waals surface area contributed by atoms with E-state index in [1.165, 1.54) is 11.3 Å². The van der Waals surface area contributed by atoms with Crippen molar-refractivity contribution < 1.29 is 4.79 Å². The van der Waals surface area contributed by atoms with E-state index in [9.17, 15) is 4.79 Å². The normalized spacial score (nSPS) is 10.8. The van der Waals surface area contributed by atoms with E-state index in [1.807, 2.05) is 6.92 Å². The second-order valence-electron chi connectivity index (χ2n) is 4.47. The van der Waals surface area contributed by atoms with Crippen LogP contribution in [0.5, 0.6) is 0 Å². The summed E-state index contributed by atoms with van der Waals surface area (Å²) in [6, 6.07) is 3.42. The van der Waals surface area contributed by atoms with Crippen LogP contribution >= 0.6 is 22.9 Å². The number of thiazole rings is 1. The number of anilines is 1. The summed E-state index contributed by atoms with van der Waals surface area (Å²) in [6.45, 7) is 5.99. The minimum atomic E-state index is -0.290. The van der Waals surface area contributed by atoms with Crippen molar-refractivity contribution in [1.29, 1.82) is 0 Å². The second-order valence-corrected chi connectivity index (χ2v) is 5.89. The molecule has 0 fully saturated rings. The molecule has 0 spiro atoms. The fourth-order valence-electron chi connectivity index (χ4n) is 1.47. The second kappa shape index (κ2) is 5.67. The van der Waals surface area contributed by atoms with Gasteiger partial charge in [-0.2, -0.15) is 0 Å². The van der Waals surface area contributed by atoms with Gasteiger partial charge in [0.1, 0.15) is 5.15 Å². The minimum absolute atomic E-state index is 0.207. The van der Waals surface area contributed by atoms with Gasteiger partial charge in [0, 0.05) is 16.8 Å². The molecule has 0 aliphatic heterocycles. The van der Waals surface area contributed by atoms with Crippen LogP contribution in [0.2, 0.25) is 5.15 Å². The van der Waals surface area contributed by atoms with E-state index < -0.39 is 0 Å². The summed E-state index contributed by atoms with van der Waals surface area (Å²) in [4.78, 5) is 21.4. The van der Waals surface area contributed by atoms with E-state index in [4.69, 9.17) is 11.6 Å². The average molecular weight is 296 g/mol. The highest BCUT2D eigenvalue weighted by Gasteiger charge is 2.14. The fourth-order valence-corrected chi connectivity index (χ4v) is 2.57. The number of aryl methyl sites for hydroxylation is 1. The maximum absolute atomic E-state index is 12.1. The molecule has 6 heteroatoms. The number of halogens is 1. The minimum Gasteiger partial charge on any atom is -0.298 e. The maximum atomic E-state index is 12.1. The molecule has 0 bridgehead atoms. The molecule has 100 valence electrons. The predicted octanol–water partition coefficient (Wildman–Crippen LogP) is 3.88. The van der Waals surface area contributed by atoms with Crippen molar-refractivity contribution in [2.75, 3.05) is 5.32 Å². The van der Waals surface area contributed by atoms with Crippen molar-refractivity contribution >= 4 is 34.0 Å². The molecule has 0 radical (unpaired) electrons. The highest BCUT2D eigenvalue weighted by Crippen LogP contribution is 2.26. The Kier molecular flexibility index (Phi) is 4.17. The van der Waals surface area contributed by atoms with Gasteiger partial charge in [-0.05, 0) is 25.0 Å². The molecule has 1 amide bonds. The summed E-state index contributed by atoms with van der Waals surface area (Å²) in [5.74, 6) is 0.106. The lowest BCUT2D eigenvalue weighted by Gasteiger charge is -2.04. The molecule has 19 heavy (non-hydrogen) atoms. The Bertz CT molecular complexity index is 610. The third kappa shape index (κ3) is 3.30. The van der Waals surface area contributed by atoms with Gasteiger partial charge in [-0.1, -0.05) is 25.4 Å². The highest BCUT2D eigenvalue weighted by molar-refractivity contribution is 7.15. The summed E-state index contributed by atoms with van der Waals surface area (Å²) >= 11 is 7.42. The number of aromatic nitrogens is 2. The first-order valence-electron chi connectivity index (χ1n) is 5.87.